The van der Waals surface area contributed by atoms with E-state index in [1.165, 1.54) is 36.8 Å². The highest BCUT2D eigenvalue weighted by Crippen LogP contribution is 2.35. The van der Waals surface area contributed by atoms with Crippen LogP contribution in [-0.2, 0) is 12.8 Å². The van der Waals surface area contributed by atoms with E-state index in [-0.39, 0.29) is 0 Å². The quantitative estimate of drug-likeness (QED) is 0.842. The van der Waals surface area contributed by atoms with Crippen LogP contribution < -0.4 is 0 Å². The molecule has 3 rings (SSSR count). The van der Waals surface area contributed by atoms with Crippen molar-refractivity contribution < 1.29 is 9.90 Å². The van der Waals surface area contributed by atoms with Crippen LogP contribution in [0.5, 0.6) is 0 Å². The molecule has 90 valence electrons. The van der Waals surface area contributed by atoms with Crippen LogP contribution in [0, 0.1) is 11.8 Å². The molecule has 2 aliphatic rings. The summed E-state index contributed by atoms with van der Waals surface area (Å²) in [7, 11) is 0. The Kier molecular flexibility index (Phi) is 2.65. The lowest BCUT2D eigenvalue weighted by molar-refractivity contribution is 0.0696. The van der Waals surface area contributed by atoms with E-state index in [0.29, 0.717) is 5.56 Å². The second kappa shape index (κ2) is 4.17. The van der Waals surface area contributed by atoms with E-state index in [4.69, 9.17) is 5.11 Å². The standard InChI is InChI=1S/C15H18O2/c16-15(17)14-8-12(5-10-1-2-10)7-13(9-14)6-11-3-4-11/h7-11H,1-6H2,(H,16,17). The van der Waals surface area contributed by atoms with Gasteiger partial charge < -0.3 is 5.11 Å². The molecule has 2 fully saturated rings. The summed E-state index contributed by atoms with van der Waals surface area (Å²) < 4.78 is 0. The number of rotatable bonds is 5. The molecule has 1 N–H and O–H groups in total. The largest absolute Gasteiger partial charge is 0.478 e. The second-order valence-corrected chi connectivity index (χ2v) is 5.64. The van der Waals surface area contributed by atoms with Crippen LogP contribution >= 0.6 is 0 Å². The van der Waals surface area contributed by atoms with E-state index in [1.807, 2.05) is 12.1 Å². The van der Waals surface area contributed by atoms with Gasteiger partial charge in [-0.1, -0.05) is 6.07 Å². The maximum atomic E-state index is 11.1. The van der Waals surface area contributed by atoms with Gasteiger partial charge in [-0.25, -0.2) is 4.79 Å². The maximum Gasteiger partial charge on any atom is 0.335 e. The van der Waals surface area contributed by atoms with Crippen molar-refractivity contribution in [2.75, 3.05) is 0 Å². The van der Waals surface area contributed by atoms with Gasteiger partial charge in [0.1, 0.15) is 0 Å². The van der Waals surface area contributed by atoms with Crippen LogP contribution in [0.2, 0.25) is 0 Å². The molecule has 1 aromatic carbocycles. The molecule has 0 spiro atoms. The first-order chi connectivity index (χ1) is 8.20. The summed E-state index contributed by atoms with van der Waals surface area (Å²) in [5, 5.41) is 9.13. The Labute approximate surface area is 102 Å². The molecule has 2 heteroatoms. The number of aromatic carboxylic acids is 1. The Morgan fingerprint density at radius 2 is 1.47 bits per heavy atom. The molecule has 2 saturated carbocycles. The Balaban J connectivity index is 1.84. The van der Waals surface area contributed by atoms with Crippen molar-refractivity contribution in [3.8, 4) is 0 Å². The molecule has 0 aromatic heterocycles. The zero-order valence-corrected chi connectivity index (χ0v) is 9.98. The third-order valence-electron chi connectivity index (χ3n) is 3.74. The van der Waals surface area contributed by atoms with Crippen LogP contribution in [0.1, 0.15) is 47.2 Å². The summed E-state index contributed by atoms with van der Waals surface area (Å²) in [5.74, 6) is 0.834. The number of carbonyl (C=O) groups is 1. The molecule has 0 saturated heterocycles. The van der Waals surface area contributed by atoms with Crippen molar-refractivity contribution in [3.63, 3.8) is 0 Å². The monoisotopic (exact) mass is 230 g/mol. The number of benzene rings is 1. The fourth-order valence-corrected chi connectivity index (χ4v) is 2.43. The van der Waals surface area contributed by atoms with Gasteiger partial charge in [0.05, 0.1) is 5.56 Å². The highest BCUT2D eigenvalue weighted by molar-refractivity contribution is 5.88. The predicted molar refractivity (Wildman–Crippen MR) is 66.3 cm³/mol. The van der Waals surface area contributed by atoms with Crippen LogP contribution in [0.25, 0.3) is 0 Å². The van der Waals surface area contributed by atoms with E-state index in [0.717, 1.165) is 24.7 Å². The Bertz CT molecular complexity index is 410. The van der Waals surface area contributed by atoms with Crippen molar-refractivity contribution in [3.05, 3.63) is 34.9 Å². The smallest absolute Gasteiger partial charge is 0.335 e. The Morgan fingerprint density at radius 3 is 1.82 bits per heavy atom. The summed E-state index contributed by atoms with van der Waals surface area (Å²) >= 11 is 0. The highest BCUT2D eigenvalue weighted by atomic mass is 16.4. The molecule has 0 aliphatic heterocycles. The number of carboxylic acids is 1. The Hall–Kier alpha value is -1.31. The lowest BCUT2D eigenvalue weighted by Crippen LogP contribution is -2.01. The molecule has 1 aromatic rings. The molecule has 0 bridgehead atoms. The van der Waals surface area contributed by atoms with E-state index in [9.17, 15) is 4.79 Å². The lowest BCUT2D eigenvalue weighted by atomic mass is 9.99. The minimum absolute atomic E-state index is 0.471. The van der Waals surface area contributed by atoms with Gasteiger partial charge in [-0.3, -0.25) is 0 Å². The molecule has 0 amide bonds. The Morgan fingerprint density at radius 1 is 1.00 bits per heavy atom. The zero-order valence-electron chi connectivity index (χ0n) is 9.98. The van der Waals surface area contributed by atoms with Crippen LogP contribution in [0.15, 0.2) is 18.2 Å². The fourth-order valence-electron chi connectivity index (χ4n) is 2.43. The molecule has 2 aliphatic carbocycles. The summed E-state index contributed by atoms with van der Waals surface area (Å²) in [4.78, 5) is 11.1. The third kappa shape index (κ3) is 2.87. The SMILES string of the molecule is O=C(O)c1cc(CC2CC2)cc(CC2CC2)c1. The minimum Gasteiger partial charge on any atom is -0.478 e. The summed E-state index contributed by atoms with van der Waals surface area (Å²) in [6, 6.07) is 5.94. The summed E-state index contributed by atoms with van der Waals surface area (Å²) in [5.41, 5.74) is 2.92. The fraction of sp³-hybridized carbons (Fsp3) is 0.533. The topological polar surface area (TPSA) is 37.3 Å². The van der Waals surface area contributed by atoms with Gasteiger partial charge in [-0.05, 0) is 73.6 Å². The van der Waals surface area contributed by atoms with Crippen molar-refractivity contribution in [1.29, 1.82) is 0 Å². The van der Waals surface area contributed by atoms with Crippen molar-refractivity contribution in [1.82, 2.24) is 0 Å². The van der Waals surface area contributed by atoms with Crippen molar-refractivity contribution >= 4 is 5.97 Å². The number of carboxylic acid groups (broad SMARTS) is 1. The van der Waals surface area contributed by atoms with E-state index >= 15 is 0 Å². The van der Waals surface area contributed by atoms with Crippen LogP contribution in [-0.4, -0.2) is 11.1 Å². The molecule has 0 atom stereocenters. The predicted octanol–water partition coefficient (Wildman–Crippen LogP) is 3.29. The first-order valence-corrected chi connectivity index (χ1v) is 6.57. The minimum atomic E-state index is -0.792. The first kappa shape index (κ1) is 10.8. The first-order valence-electron chi connectivity index (χ1n) is 6.57. The normalized spacial score (nSPS) is 19.3. The van der Waals surface area contributed by atoms with E-state index in [1.54, 1.807) is 0 Å². The molecular formula is C15H18O2. The third-order valence-corrected chi connectivity index (χ3v) is 3.74. The molecule has 17 heavy (non-hydrogen) atoms. The van der Waals surface area contributed by atoms with Gasteiger partial charge in [-0.2, -0.15) is 0 Å². The molecule has 0 heterocycles. The van der Waals surface area contributed by atoms with Crippen LogP contribution in [0.3, 0.4) is 0 Å². The molecule has 0 unspecified atom stereocenters. The molecular weight excluding hydrogens is 212 g/mol. The highest BCUT2D eigenvalue weighted by Gasteiger charge is 2.24. The number of hydrogen-bond acceptors (Lipinski definition) is 1. The van der Waals surface area contributed by atoms with Crippen LogP contribution in [0.4, 0.5) is 0 Å². The van der Waals surface area contributed by atoms with Gasteiger partial charge in [-0.15, -0.1) is 0 Å². The second-order valence-electron chi connectivity index (χ2n) is 5.64. The number of hydrogen-bond donors (Lipinski definition) is 1. The zero-order chi connectivity index (χ0) is 11.8. The summed E-state index contributed by atoms with van der Waals surface area (Å²) in [6.45, 7) is 0. The maximum absolute atomic E-state index is 11.1. The van der Waals surface area contributed by atoms with Gasteiger partial charge >= 0.3 is 5.97 Å². The van der Waals surface area contributed by atoms with Crippen molar-refractivity contribution in [2.24, 2.45) is 11.8 Å². The van der Waals surface area contributed by atoms with Gasteiger partial charge in [0.2, 0.25) is 0 Å². The van der Waals surface area contributed by atoms with Gasteiger partial charge in [0.15, 0.2) is 0 Å². The molecule has 2 nitrogen and oxygen atoms in total. The van der Waals surface area contributed by atoms with Gasteiger partial charge in [0.25, 0.3) is 0 Å². The average molecular weight is 230 g/mol. The average Bonchev–Trinajstić information content (AvgIpc) is 3.13. The molecule has 0 radical (unpaired) electrons. The van der Waals surface area contributed by atoms with E-state index < -0.39 is 5.97 Å². The van der Waals surface area contributed by atoms with E-state index in [2.05, 4.69) is 6.07 Å². The summed E-state index contributed by atoms with van der Waals surface area (Å²) in [6.07, 6.45) is 7.40. The van der Waals surface area contributed by atoms with Crippen molar-refractivity contribution in [2.45, 2.75) is 38.5 Å². The van der Waals surface area contributed by atoms with Gasteiger partial charge in [0, 0.05) is 0 Å². The lowest BCUT2D eigenvalue weighted by Gasteiger charge is -2.07.